The fraction of sp³-hybridized carbons (Fsp3) is 0.882. The van der Waals surface area contributed by atoms with Crippen LogP contribution in [0.25, 0.3) is 0 Å². The average Bonchev–Trinajstić information content (AvgIpc) is 3.19. The number of aromatic nitrogens is 2. The van der Waals surface area contributed by atoms with Crippen molar-refractivity contribution in [2.24, 2.45) is 17.8 Å². The molecule has 2 N–H and O–H groups in total. The van der Waals surface area contributed by atoms with Crippen LogP contribution < -0.4 is 10.6 Å². The van der Waals surface area contributed by atoms with Crippen LogP contribution >= 0.6 is 0 Å². The van der Waals surface area contributed by atoms with Gasteiger partial charge in [0, 0.05) is 23.9 Å². The van der Waals surface area contributed by atoms with Crippen molar-refractivity contribution in [3.05, 3.63) is 11.7 Å². The number of hydrogen-bond donors (Lipinski definition) is 2. The molecule has 1 aromatic rings. The van der Waals surface area contributed by atoms with Gasteiger partial charge in [-0.05, 0) is 62.9 Å². The van der Waals surface area contributed by atoms with Gasteiger partial charge in [-0.25, -0.2) is 0 Å². The summed E-state index contributed by atoms with van der Waals surface area (Å²) in [4.78, 5) is 4.83. The summed E-state index contributed by atoms with van der Waals surface area (Å²) in [6.45, 7) is 5.70. The molecule has 4 fully saturated rings. The molecule has 0 bridgehead atoms. The molecule has 5 rings (SSSR count). The molecule has 2 heterocycles. The van der Waals surface area contributed by atoms with E-state index in [9.17, 15) is 0 Å². The molecule has 5 atom stereocenters. The molecule has 22 heavy (non-hydrogen) atoms. The molecule has 1 aliphatic heterocycles. The highest BCUT2D eigenvalue weighted by molar-refractivity contribution is 5.19. The van der Waals surface area contributed by atoms with Gasteiger partial charge in [-0.1, -0.05) is 12.1 Å². The molecule has 0 aromatic carbocycles. The van der Waals surface area contributed by atoms with Crippen LogP contribution in [0.4, 0.5) is 0 Å². The van der Waals surface area contributed by atoms with E-state index in [1.165, 1.54) is 45.2 Å². The Labute approximate surface area is 131 Å². The smallest absolute Gasteiger partial charge is 0.229 e. The third-order valence-electron chi connectivity index (χ3n) is 6.59. The molecule has 1 unspecified atom stereocenters. The normalized spacial score (nSPS) is 41.6. The minimum Gasteiger partial charge on any atom is -0.339 e. The predicted molar refractivity (Wildman–Crippen MR) is 82.6 cm³/mol. The van der Waals surface area contributed by atoms with Crippen molar-refractivity contribution in [3.8, 4) is 0 Å². The molecule has 1 saturated heterocycles. The molecular weight excluding hydrogens is 276 g/mol. The summed E-state index contributed by atoms with van der Waals surface area (Å²) in [5.41, 5.74) is 0.181. The molecule has 0 radical (unpaired) electrons. The summed E-state index contributed by atoms with van der Waals surface area (Å²) in [6.07, 6.45) is 6.19. The van der Waals surface area contributed by atoms with Crippen molar-refractivity contribution in [1.82, 2.24) is 20.8 Å². The van der Waals surface area contributed by atoms with E-state index < -0.39 is 0 Å². The lowest BCUT2D eigenvalue weighted by Gasteiger charge is -2.11. The van der Waals surface area contributed by atoms with Crippen LogP contribution in [-0.4, -0.2) is 35.8 Å². The Kier molecular flexibility index (Phi) is 2.93. The maximum atomic E-state index is 5.67. The lowest BCUT2D eigenvalue weighted by atomic mass is 10.0. The van der Waals surface area contributed by atoms with E-state index in [1.807, 2.05) is 0 Å². The van der Waals surface area contributed by atoms with E-state index in [1.54, 1.807) is 0 Å². The maximum absolute atomic E-state index is 5.67. The summed E-state index contributed by atoms with van der Waals surface area (Å²) in [5, 5.41) is 11.6. The van der Waals surface area contributed by atoms with E-state index in [-0.39, 0.29) is 5.41 Å². The number of hydrogen-bond acceptors (Lipinski definition) is 5. The second kappa shape index (κ2) is 4.78. The van der Waals surface area contributed by atoms with Gasteiger partial charge in [0.25, 0.3) is 0 Å². The van der Waals surface area contributed by atoms with E-state index in [0.717, 1.165) is 42.1 Å². The second-order valence-electron chi connectivity index (χ2n) is 8.28. The molecule has 0 spiro atoms. The molecule has 3 saturated carbocycles. The van der Waals surface area contributed by atoms with E-state index >= 15 is 0 Å². The molecule has 3 aliphatic carbocycles. The Morgan fingerprint density at radius 3 is 2.59 bits per heavy atom. The third-order valence-corrected chi connectivity index (χ3v) is 6.59. The van der Waals surface area contributed by atoms with Gasteiger partial charge in [0.1, 0.15) is 0 Å². The molecule has 5 nitrogen and oxygen atoms in total. The highest BCUT2D eigenvalue weighted by Crippen LogP contribution is 2.48. The zero-order chi connectivity index (χ0) is 14.7. The molecule has 120 valence electrons. The molecule has 4 aliphatic rings. The summed E-state index contributed by atoms with van der Waals surface area (Å²) < 4.78 is 5.67. The van der Waals surface area contributed by atoms with Crippen molar-refractivity contribution in [2.45, 2.75) is 56.4 Å². The lowest BCUT2D eigenvalue weighted by Crippen LogP contribution is -2.30. The van der Waals surface area contributed by atoms with Crippen molar-refractivity contribution in [1.29, 1.82) is 0 Å². The first-order valence-corrected chi connectivity index (χ1v) is 9.02. The zero-order valence-corrected chi connectivity index (χ0v) is 13.3. The van der Waals surface area contributed by atoms with Crippen LogP contribution in [0.15, 0.2) is 4.52 Å². The zero-order valence-electron chi connectivity index (χ0n) is 13.3. The minimum absolute atomic E-state index is 0.181. The van der Waals surface area contributed by atoms with Crippen LogP contribution in [0.2, 0.25) is 0 Å². The van der Waals surface area contributed by atoms with Gasteiger partial charge in [-0.15, -0.1) is 0 Å². The number of nitrogens with zero attached hydrogens (tertiary/aromatic N) is 2. The topological polar surface area (TPSA) is 63.0 Å². The van der Waals surface area contributed by atoms with E-state index in [0.29, 0.717) is 5.92 Å². The van der Waals surface area contributed by atoms with Crippen molar-refractivity contribution in [2.75, 3.05) is 19.6 Å². The standard InChI is InChI=1S/C17H26N4O/c1-10-4-14(10)19-9-17(2-3-17)16-20-15(22-21-16)11-5-12-7-18-8-13(12)6-11/h10-14,18-19H,2-9H2,1H3/t10-,11?,12-,13+,14-/m1/s1. The highest BCUT2D eigenvalue weighted by Gasteiger charge is 2.50. The van der Waals surface area contributed by atoms with Crippen LogP contribution in [0, 0.1) is 17.8 Å². The molecule has 1 aromatic heterocycles. The first-order chi connectivity index (χ1) is 10.7. The van der Waals surface area contributed by atoms with Crippen LogP contribution in [0.3, 0.4) is 0 Å². The summed E-state index contributed by atoms with van der Waals surface area (Å²) in [5.74, 6) is 4.89. The monoisotopic (exact) mass is 302 g/mol. The molecular formula is C17H26N4O. The van der Waals surface area contributed by atoms with Gasteiger partial charge in [0.05, 0.1) is 0 Å². The Balaban J connectivity index is 1.26. The van der Waals surface area contributed by atoms with E-state index in [4.69, 9.17) is 9.51 Å². The van der Waals surface area contributed by atoms with Gasteiger partial charge in [-0.2, -0.15) is 4.98 Å². The van der Waals surface area contributed by atoms with Gasteiger partial charge in [0.2, 0.25) is 5.89 Å². The average molecular weight is 302 g/mol. The van der Waals surface area contributed by atoms with Crippen LogP contribution in [0.5, 0.6) is 0 Å². The Morgan fingerprint density at radius 1 is 1.23 bits per heavy atom. The van der Waals surface area contributed by atoms with Crippen molar-refractivity contribution in [3.63, 3.8) is 0 Å². The Morgan fingerprint density at radius 2 is 1.95 bits per heavy atom. The first kappa shape index (κ1) is 13.5. The van der Waals surface area contributed by atoms with Crippen molar-refractivity contribution >= 4 is 0 Å². The van der Waals surface area contributed by atoms with Gasteiger partial charge in [-0.3, -0.25) is 0 Å². The van der Waals surface area contributed by atoms with Gasteiger partial charge >= 0.3 is 0 Å². The fourth-order valence-corrected chi connectivity index (χ4v) is 4.55. The minimum atomic E-state index is 0.181. The first-order valence-electron chi connectivity index (χ1n) is 9.02. The summed E-state index contributed by atoms with van der Waals surface area (Å²) >= 11 is 0. The number of fused-ring (bicyclic) bond motifs is 1. The van der Waals surface area contributed by atoms with Crippen molar-refractivity contribution < 1.29 is 4.52 Å². The molecule has 0 amide bonds. The lowest BCUT2D eigenvalue weighted by molar-refractivity contribution is 0.340. The van der Waals surface area contributed by atoms with E-state index in [2.05, 4.69) is 22.7 Å². The predicted octanol–water partition coefficient (Wildman–Crippen LogP) is 1.81. The van der Waals surface area contributed by atoms with Gasteiger partial charge < -0.3 is 15.2 Å². The third kappa shape index (κ3) is 2.21. The highest BCUT2D eigenvalue weighted by atomic mass is 16.5. The van der Waals surface area contributed by atoms with Crippen LogP contribution in [0.1, 0.15) is 56.7 Å². The van der Waals surface area contributed by atoms with Crippen LogP contribution in [-0.2, 0) is 5.41 Å². The summed E-state index contributed by atoms with van der Waals surface area (Å²) in [6, 6.07) is 0.727. The maximum Gasteiger partial charge on any atom is 0.229 e. The number of rotatable bonds is 5. The Hall–Kier alpha value is -0.940. The van der Waals surface area contributed by atoms with Gasteiger partial charge in [0.15, 0.2) is 5.82 Å². The number of nitrogens with one attached hydrogen (secondary N) is 2. The Bertz CT molecular complexity index is 555. The quantitative estimate of drug-likeness (QED) is 0.868. The SMILES string of the molecule is C[C@@H]1C[C@H]1NCC1(c2noc(C3C[C@H]4CNC[C@H]4C3)n2)CC1. The fourth-order valence-electron chi connectivity index (χ4n) is 4.55. The largest absolute Gasteiger partial charge is 0.339 e. The second-order valence-corrected chi connectivity index (χ2v) is 8.28. The molecule has 5 heteroatoms. The summed E-state index contributed by atoms with van der Waals surface area (Å²) in [7, 11) is 0.